The average molecular weight is 202 g/mol. The summed E-state index contributed by atoms with van der Waals surface area (Å²) >= 11 is 3.26. The summed E-state index contributed by atoms with van der Waals surface area (Å²) in [6.45, 7) is 0.429. The third-order valence-electron chi connectivity index (χ3n) is 1.19. The van der Waals surface area contributed by atoms with Gasteiger partial charge in [-0.3, -0.25) is 0 Å². The van der Waals surface area contributed by atoms with E-state index in [1.807, 2.05) is 6.07 Å². The highest BCUT2D eigenvalue weighted by Gasteiger charge is 1.97. The summed E-state index contributed by atoms with van der Waals surface area (Å²) in [5, 5.41) is 0. The number of nitrogens with zero attached hydrogens (tertiary/aromatic N) is 1. The second-order valence-corrected chi connectivity index (χ2v) is 2.82. The van der Waals surface area contributed by atoms with Gasteiger partial charge in [-0.15, -0.1) is 0 Å². The number of hydrogen-bond donors (Lipinski definition) is 2. The van der Waals surface area contributed by atoms with E-state index in [0.717, 1.165) is 10.0 Å². The van der Waals surface area contributed by atoms with Crippen LogP contribution in [-0.4, -0.2) is 4.98 Å². The van der Waals surface area contributed by atoms with E-state index in [1.54, 1.807) is 6.20 Å². The molecule has 1 heterocycles. The maximum absolute atomic E-state index is 5.49. The smallest absolute Gasteiger partial charge is 0.127 e. The lowest BCUT2D eigenvalue weighted by atomic mass is 10.3. The molecule has 1 aromatic heterocycles. The molecule has 0 bridgehead atoms. The van der Waals surface area contributed by atoms with Crippen molar-refractivity contribution in [3.63, 3.8) is 0 Å². The van der Waals surface area contributed by atoms with Crippen LogP contribution in [0.3, 0.4) is 0 Å². The van der Waals surface area contributed by atoms with Gasteiger partial charge in [0, 0.05) is 22.8 Å². The molecule has 0 aromatic carbocycles. The van der Waals surface area contributed by atoms with Gasteiger partial charge in [-0.2, -0.15) is 0 Å². The van der Waals surface area contributed by atoms with Crippen LogP contribution in [0.15, 0.2) is 16.7 Å². The molecule has 0 radical (unpaired) electrons. The molecule has 0 amide bonds. The predicted molar refractivity (Wildman–Crippen MR) is 44.2 cm³/mol. The summed E-state index contributed by atoms with van der Waals surface area (Å²) < 4.78 is 0.905. The van der Waals surface area contributed by atoms with Gasteiger partial charge in [-0.05, 0) is 22.0 Å². The zero-order valence-corrected chi connectivity index (χ0v) is 6.93. The number of nitrogen functional groups attached to an aromatic ring is 1. The lowest BCUT2D eigenvalue weighted by Crippen LogP contribution is -2.02. The minimum atomic E-state index is 0.429. The summed E-state index contributed by atoms with van der Waals surface area (Å²) in [5.41, 5.74) is 11.7. The van der Waals surface area contributed by atoms with E-state index >= 15 is 0 Å². The molecule has 4 heteroatoms. The van der Waals surface area contributed by atoms with E-state index in [2.05, 4.69) is 20.9 Å². The minimum absolute atomic E-state index is 0.429. The molecular formula is C6H8BrN3. The lowest BCUT2D eigenvalue weighted by molar-refractivity contribution is 1.05. The van der Waals surface area contributed by atoms with Crippen molar-refractivity contribution in [2.75, 3.05) is 5.73 Å². The number of aromatic nitrogens is 1. The molecule has 0 aliphatic rings. The molecule has 0 spiro atoms. The van der Waals surface area contributed by atoms with Gasteiger partial charge in [0.25, 0.3) is 0 Å². The Morgan fingerprint density at radius 2 is 2.30 bits per heavy atom. The van der Waals surface area contributed by atoms with Crippen molar-refractivity contribution in [3.05, 3.63) is 22.3 Å². The van der Waals surface area contributed by atoms with Crippen LogP contribution in [0.25, 0.3) is 0 Å². The molecule has 4 N–H and O–H groups in total. The van der Waals surface area contributed by atoms with Crippen molar-refractivity contribution in [3.8, 4) is 0 Å². The Hall–Kier alpha value is -0.610. The van der Waals surface area contributed by atoms with Crippen LogP contribution in [0.1, 0.15) is 5.56 Å². The van der Waals surface area contributed by atoms with E-state index in [1.165, 1.54) is 0 Å². The molecule has 0 aliphatic heterocycles. The summed E-state index contributed by atoms with van der Waals surface area (Å²) in [6.07, 6.45) is 1.65. The van der Waals surface area contributed by atoms with Crippen LogP contribution in [0.4, 0.5) is 5.82 Å². The first-order valence-electron chi connectivity index (χ1n) is 2.84. The number of pyridine rings is 1. The van der Waals surface area contributed by atoms with Gasteiger partial charge in [-0.1, -0.05) is 0 Å². The van der Waals surface area contributed by atoms with Crippen molar-refractivity contribution in [2.45, 2.75) is 6.54 Å². The van der Waals surface area contributed by atoms with E-state index in [-0.39, 0.29) is 0 Å². The summed E-state index contributed by atoms with van der Waals surface area (Å²) in [5.74, 6) is 0.505. The zero-order chi connectivity index (χ0) is 7.56. The topological polar surface area (TPSA) is 64.9 Å². The average Bonchev–Trinajstić information content (AvgIpc) is 1.94. The van der Waals surface area contributed by atoms with Crippen molar-refractivity contribution in [1.82, 2.24) is 4.98 Å². The highest BCUT2D eigenvalue weighted by atomic mass is 79.9. The monoisotopic (exact) mass is 201 g/mol. The highest BCUT2D eigenvalue weighted by molar-refractivity contribution is 9.10. The second-order valence-electron chi connectivity index (χ2n) is 1.90. The predicted octanol–water partition coefficient (Wildman–Crippen LogP) is 0.885. The van der Waals surface area contributed by atoms with Crippen LogP contribution in [-0.2, 0) is 6.54 Å². The van der Waals surface area contributed by atoms with Gasteiger partial charge < -0.3 is 11.5 Å². The molecule has 0 saturated heterocycles. The first kappa shape index (κ1) is 7.50. The number of anilines is 1. The van der Waals surface area contributed by atoms with E-state index in [4.69, 9.17) is 11.5 Å². The summed E-state index contributed by atoms with van der Waals surface area (Å²) in [6, 6.07) is 1.86. The Morgan fingerprint density at radius 1 is 1.60 bits per heavy atom. The molecule has 1 rings (SSSR count). The first-order chi connectivity index (χ1) is 4.74. The maximum Gasteiger partial charge on any atom is 0.127 e. The largest absolute Gasteiger partial charge is 0.383 e. The Balaban J connectivity index is 3.09. The second kappa shape index (κ2) is 2.98. The number of rotatable bonds is 1. The highest BCUT2D eigenvalue weighted by Crippen LogP contribution is 2.14. The van der Waals surface area contributed by atoms with E-state index in [0.29, 0.717) is 12.4 Å². The van der Waals surface area contributed by atoms with E-state index < -0.39 is 0 Å². The number of nitrogens with two attached hydrogens (primary N) is 2. The van der Waals surface area contributed by atoms with E-state index in [9.17, 15) is 0 Å². The SMILES string of the molecule is NCc1cc(Br)cnc1N. The molecule has 0 fully saturated rings. The standard InChI is InChI=1S/C6H8BrN3/c7-5-1-4(2-8)6(9)10-3-5/h1,3H,2,8H2,(H2,9,10). The normalized spacial score (nSPS) is 9.80. The third-order valence-corrected chi connectivity index (χ3v) is 1.62. The van der Waals surface area contributed by atoms with Crippen LogP contribution in [0.5, 0.6) is 0 Å². The van der Waals surface area contributed by atoms with Crippen molar-refractivity contribution >= 4 is 21.7 Å². The fourth-order valence-electron chi connectivity index (χ4n) is 0.655. The molecule has 0 atom stereocenters. The fourth-order valence-corrected chi connectivity index (χ4v) is 1.03. The van der Waals surface area contributed by atoms with Crippen LogP contribution in [0, 0.1) is 0 Å². The Kier molecular flexibility index (Phi) is 2.24. The number of halogens is 1. The maximum atomic E-state index is 5.49. The molecule has 54 valence electrons. The fraction of sp³-hybridized carbons (Fsp3) is 0.167. The van der Waals surface area contributed by atoms with Crippen molar-refractivity contribution < 1.29 is 0 Å². The molecular weight excluding hydrogens is 194 g/mol. The van der Waals surface area contributed by atoms with Crippen LogP contribution < -0.4 is 11.5 Å². The summed E-state index contributed by atoms with van der Waals surface area (Å²) in [4.78, 5) is 3.90. The van der Waals surface area contributed by atoms with Gasteiger partial charge >= 0.3 is 0 Å². The molecule has 0 aliphatic carbocycles. The van der Waals surface area contributed by atoms with Gasteiger partial charge in [-0.25, -0.2) is 4.98 Å². The quantitative estimate of drug-likeness (QED) is 0.710. The van der Waals surface area contributed by atoms with Gasteiger partial charge in [0.2, 0.25) is 0 Å². The zero-order valence-electron chi connectivity index (χ0n) is 5.34. The minimum Gasteiger partial charge on any atom is -0.383 e. The Morgan fingerprint density at radius 3 is 2.80 bits per heavy atom. The Labute approximate surface area is 67.6 Å². The van der Waals surface area contributed by atoms with Crippen molar-refractivity contribution in [2.24, 2.45) is 5.73 Å². The number of hydrogen-bond acceptors (Lipinski definition) is 3. The van der Waals surface area contributed by atoms with Gasteiger partial charge in [0.15, 0.2) is 0 Å². The van der Waals surface area contributed by atoms with Crippen LogP contribution >= 0.6 is 15.9 Å². The van der Waals surface area contributed by atoms with Gasteiger partial charge in [0.1, 0.15) is 5.82 Å². The lowest BCUT2D eigenvalue weighted by Gasteiger charge is -2.00. The van der Waals surface area contributed by atoms with Crippen LogP contribution in [0.2, 0.25) is 0 Å². The molecule has 10 heavy (non-hydrogen) atoms. The van der Waals surface area contributed by atoms with Crippen molar-refractivity contribution in [1.29, 1.82) is 0 Å². The summed E-state index contributed by atoms with van der Waals surface area (Å²) in [7, 11) is 0. The third kappa shape index (κ3) is 1.46. The molecule has 3 nitrogen and oxygen atoms in total. The molecule has 0 saturated carbocycles. The molecule has 0 unspecified atom stereocenters. The van der Waals surface area contributed by atoms with Gasteiger partial charge in [0.05, 0.1) is 0 Å². The first-order valence-corrected chi connectivity index (χ1v) is 3.63. The Bertz CT molecular complexity index is 236. The molecule has 1 aromatic rings.